The molecule has 5 rings (SSSR count). The molecule has 188 valence electrons. The molecule has 1 N–H and O–H groups in total. The van der Waals surface area contributed by atoms with Gasteiger partial charge in [0, 0.05) is 27.0 Å². The summed E-state index contributed by atoms with van der Waals surface area (Å²) in [6, 6.07) is 17.6. The highest BCUT2D eigenvalue weighted by molar-refractivity contribution is 6.31. The highest BCUT2D eigenvalue weighted by Crippen LogP contribution is 2.61. The van der Waals surface area contributed by atoms with Crippen molar-refractivity contribution in [1.82, 2.24) is 0 Å². The van der Waals surface area contributed by atoms with Gasteiger partial charge in [-0.2, -0.15) is 0 Å². The highest BCUT2D eigenvalue weighted by Gasteiger charge is 2.72. The molecule has 0 radical (unpaired) electrons. The van der Waals surface area contributed by atoms with Gasteiger partial charge in [-0.25, -0.2) is 4.79 Å². The summed E-state index contributed by atoms with van der Waals surface area (Å²) in [6.45, 7) is 1.99. The predicted molar refractivity (Wildman–Crippen MR) is 131 cm³/mol. The van der Waals surface area contributed by atoms with Crippen LogP contribution >= 0.6 is 23.2 Å². The molecule has 1 aliphatic heterocycles. The summed E-state index contributed by atoms with van der Waals surface area (Å²) in [4.78, 5) is 16.9. The monoisotopic (exact) mass is 536 g/mol. The number of alkyl halides is 3. The molecule has 5 nitrogen and oxygen atoms in total. The van der Waals surface area contributed by atoms with E-state index >= 15 is 0 Å². The lowest BCUT2D eigenvalue weighted by Crippen LogP contribution is -2.66. The van der Waals surface area contributed by atoms with Gasteiger partial charge in [0.1, 0.15) is 11.3 Å². The van der Waals surface area contributed by atoms with Crippen molar-refractivity contribution in [2.75, 3.05) is 9.80 Å². The fraction of sp³-hybridized carbons (Fsp3) is 0.269. The standard InChI is InChI=1S/C26H21Cl2F3N2O3/c1-16-14-24(15-16)25(35,17-3-2-4-22(13-17)36-26(29,30)31)33(21-11-7-19(28)8-12-21)23(34)32(24)20-9-5-18(27)6-10-20/h2-13,16,35H,14-15H2,1H3. The fourth-order valence-corrected chi connectivity index (χ4v) is 5.74. The second-order valence-electron chi connectivity index (χ2n) is 9.20. The van der Waals surface area contributed by atoms with Crippen LogP contribution in [0.25, 0.3) is 0 Å². The summed E-state index contributed by atoms with van der Waals surface area (Å²) in [7, 11) is 0. The number of urea groups is 1. The quantitative estimate of drug-likeness (QED) is 0.379. The molecule has 2 aliphatic rings. The second-order valence-corrected chi connectivity index (χ2v) is 10.1. The molecule has 1 saturated heterocycles. The molecule has 1 saturated carbocycles. The summed E-state index contributed by atoms with van der Waals surface area (Å²) in [5, 5.41) is 13.5. The minimum absolute atomic E-state index is 0.0934. The third-order valence-corrected chi connectivity index (χ3v) is 7.30. The van der Waals surface area contributed by atoms with Crippen molar-refractivity contribution in [2.24, 2.45) is 5.92 Å². The first kappa shape index (κ1) is 24.7. The van der Waals surface area contributed by atoms with Crippen LogP contribution in [0.4, 0.5) is 29.3 Å². The number of ether oxygens (including phenoxy) is 1. The van der Waals surface area contributed by atoms with E-state index in [-0.39, 0.29) is 11.5 Å². The van der Waals surface area contributed by atoms with Gasteiger partial charge in [-0.15, -0.1) is 13.2 Å². The Bertz CT molecular complexity index is 1300. The molecule has 2 fully saturated rings. The molecular weight excluding hydrogens is 516 g/mol. The fourth-order valence-electron chi connectivity index (χ4n) is 5.49. The number of nitrogens with zero attached hydrogens (tertiary/aromatic N) is 2. The first-order valence-corrected chi connectivity index (χ1v) is 11.9. The second kappa shape index (κ2) is 8.57. The van der Waals surface area contributed by atoms with Crippen LogP contribution in [-0.4, -0.2) is 23.0 Å². The molecule has 1 spiro atoms. The van der Waals surface area contributed by atoms with Crippen LogP contribution in [0.1, 0.15) is 25.3 Å². The van der Waals surface area contributed by atoms with Gasteiger partial charge in [0.15, 0.2) is 5.72 Å². The summed E-state index contributed by atoms with van der Waals surface area (Å²) in [5.74, 6) is -0.344. The van der Waals surface area contributed by atoms with Crippen molar-refractivity contribution in [3.05, 3.63) is 88.4 Å². The van der Waals surface area contributed by atoms with Crippen molar-refractivity contribution >= 4 is 40.6 Å². The van der Waals surface area contributed by atoms with Gasteiger partial charge in [-0.05, 0) is 79.4 Å². The molecule has 3 aromatic carbocycles. The largest absolute Gasteiger partial charge is 0.573 e. The lowest BCUT2D eigenvalue weighted by atomic mass is 9.61. The van der Waals surface area contributed by atoms with Gasteiger partial charge >= 0.3 is 12.4 Å². The van der Waals surface area contributed by atoms with Crippen LogP contribution in [0.3, 0.4) is 0 Å². The van der Waals surface area contributed by atoms with Crippen molar-refractivity contribution < 1.29 is 27.8 Å². The lowest BCUT2D eigenvalue weighted by Gasteiger charge is -2.55. The highest BCUT2D eigenvalue weighted by atomic mass is 35.5. The number of hydrogen-bond donors (Lipinski definition) is 1. The van der Waals surface area contributed by atoms with Crippen LogP contribution in [-0.2, 0) is 5.72 Å². The van der Waals surface area contributed by atoms with E-state index in [0.717, 1.165) is 12.1 Å². The summed E-state index contributed by atoms with van der Waals surface area (Å²) >= 11 is 12.1. The molecule has 2 amide bonds. The molecule has 1 unspecified atom stereocenters. The Morgan fingerprint density at radius 1 is 0.917 bits per heavy atom. The Kier molecular flexibility index (Phi) is 5.89. The number of benzene rings is 3. The number of anilines is 2. The first-order valence-electron chi connectivity index (χ1n) is 11.2. The van der Waals surface area contributed by atoms with Crippen LogP contribution < -0.4 is 14.5 Å². The number of hydrogen-bond acceptors (Lipinski definition) is 3. The summed E-state index contributed by atoms with van der Waals surface area (Å²) in [6.07, 6.45) is -4.10. The van der Waals surface area contributed by atoms with Crippen LogP contribution in [0, 0.1) is 5.92 Å². The van der Waals surface area contributed by atoms with Crippen molar-refractivity contribution in [3.63, 3.8) is 0 Å². The van der Waals surface area contributed by atoms with Gasteiger partial charge in [-0.3, -0.25) is 9.80 Å². The van der Waals surface area contributed by atoms with Crippen molar-refractivity contribution in [3.8, 4) is 5.75 Å². The Hall–Kier alpha value is -2.94. The number of carbonyl (C=O) groups excluding carboxylic acids is 1. The van der Waals surface area contributed by atoms with E-state index in [1.54, 1.807) is 48.5 Å². The average molecular weight is 537 g/mol. The van der Waals surface area contributed by atoms with E-state index in [1.807, 2.05) is 6.92 Å². The van der Waals surface area contributed by atoms with Gasteiger partial charge in [-0.1, -0.05) is 42.3 Å². The van der Waals surface area contributed by atoms with Gasteiger partial charge in [0.05, 0.1) is 0 Å². The maximum atomic E-state index is 14.1. The average Bonchev–Trinajstić information content (AvgIpc) is 2.99. The minimum atomic E-state index is -4.92. The predicted octanol–water partition coefficient (Wildman–Crippen LogP) is 7.35. The smallest absolute Gasteiger partial charge is 0.406 e. The number of halogens is 5. The molecule has 0 aromatic heterocycles. The van der Waals surface area contributed by atoms with Gasteiger partial charge < -0.3 is 9.84 Å². The summed E-state index contributed by atoms with van der Waals surface area (Å²) < 4.78 is 43.1. The lowest BCUT2D eigenvalue weighted by molar-refractivity contribution is -0.274. The zero-order valence-electron chi connectivity index (χ0n) is 19.0. The molecule has 1 aliphatic carbocycles. The van der Waals surface area contributed by atoms with Gasteiger partial charge in [0.2, 0.25) is 0 Å². The molecule has 36 heavy (non-hydrogen) atoms. The van der Waals surface area contributed by atoms with Crippen LogP contribution in [0.15, 0.2) is 72.8 Å². The molecule has 3 aromatic rings. The van der Waals surface area contributed by atoms with Crippen LogP contribution in [0.5, 0.6) is 5.75 Å². The Balaban J connectivity index is 1.74. The number of aliphatic hydroxyl groups is 1. The molecule has 1 atom stereocenters. The third kappa shape index (κ3) is 3.88. The van der Waals surface area contributed by atoms with E-state index in [4.69, 9.17) is 23.2 Å². The normalized spacial score (nSPS) is 25.9. The van der Waals surface area contributed by atoms with E-state index < -0.39 is 29.4 Å². The zero-order chi connectivity index (χ0) is 25.9. The first-order chi connectivity index (χ1) is 16.9. The number of rotatable bonds is 4. The Morgan fingerprint density at radius 3 is 1.94 bits per heavy atom. The molecule has 0 bridgehead atoms. The molecule has 1 heterocycles. The number of amides is 2. The Morgan fingerprint density at radius 2 is 1.44 bits per heavy atom. The topological polar surface area (TPSA) is 53.0 Å². The van der Waals surface area contributed by atoms with Crippen molar-refractivity contribution in [2.45, 2.75) is 37.4 Å². The maximum absolute atomic E-state index is 14.1. The van der Waals surface area contributed by atoms with E-state index in [9.17, 15) is 23.1 Å². The van der Waals surface area contributed by atoms with E-state index in [0.29, 0.717) is 34.3 Å². The SMILES string of the molecule is CC1CC2(C1)N(c1ccc(Cl)cc1)C(=O)N(c1ccc(Cl)cc1)C2(O)c1cccc(OC(F)(F)F)c1. The number of carbonyl (C=O) groups is 1. The van der Waals surface area contributed by atoms with Crippen LogP contribution in [0.2, 0.25) is 10.0 Å². The summed E-state index contributed by atoms with van der Waals surface area (Å²) in [5.41, 5.74) is -2.27. The zero-order valence-corrected chi connectivity index (χ0v) is 20.5. The maximum Gasteiger partial charge on any atom is 0.573 e. The van der Waals surface area contributed by atoms with E-state index in [2.05, 4.69) is 4.74 Å². The molecular formula is C26H21Cl2F3N2O3. The van der Waals surface area contributed by atoms with E-state index in [1.165, 1.54) is 21.9 Å². The van der Waals surface area contributed by atoms with Gasteiger partial charge in [0.25, 0.3) is 0 Å². The Labute approximate surface area is 215 Å². The molecule has 10 heteroatoms. The minimum Gasteiger partial charge on any atom is -0.406 e. The third-order valence-electron chi connectivity index (χ3n) is 6.80. The van der Waals surface area contributed by atoms with Crippen molar-refractivity contribution in [1.29, 1.82) is 0 Å².